The smallest absolute Gasteiger partial charge is 0.417 e. The number of fused-ring (bicyclic) bond motifs is 1. The van der Waals surface area contributed by atoms with Crippen molar-refractivity contribution in [3.8, 4) is 0 Å². The van der Waals surface area contributed by atoms with E-state index in [0.717, 1.165) is 28.2 Å². The van der Waals surface area contributed by atoms with Crippen LogP contribution < -0.4 is 0 Å². The Hall–Kier alpha value is -1.66. The summed E-state index contributed by atoms with van der Waals surface area (Å²) >= 11 is 8.50. The molecule has 130 valence electrons. The normalized spacial score (nSPS) is 11.9. The summed E-state index contributed by atoms with van der Waals surface area (Å²) in [6, 6.07) is 4.21. The molecule has 1 aromatic carbocycles. The van der Waals surface area contributed by atoms with Gasteiger partial charge < -0.3 is 5.11 Å². The highest BCUT2D eigenvalue weighted by molar-refractivity contribution is 14.1. The van der Waals surface area contributed by atoms with Crippen LogP contribution in [0, 0.1) is 3.70 Å². The summed E-state index contributed by atoms with van der Waals surface area (Å²) in [7, 11) is 0. The molecule has 5 nitrogen and oxygen atoms in total. The van der Waals surface area contributed by atoms with Crippen LogP contribution in [0.4, 0.5) is 13.2 Å². The average Bonchev–Trinajstić information content (AvgIpc) is 3.06. The second kappa shape index (κ2) is 6.25. The summed E-state index contributed by atoms with van der Waals surface area (Å²) in [6.07, 6.45) is -4.78. The molecule has 0 unspecified atom stereocenters. The summed E-state index contributed by atoms with van der Waals surface area (Å²) in [5.74, 6) is -2.29. The zero-order valence-electron chi connectivity index (χ0n) is 11.8. The van der Waals surface area contributed by atoms with Gasteiger partial charge in [-0.15, -0.1) is 11.3 Å². The fraction of sp³-hybridized carbons (Fsp3) is 0.0714. The number of carboxylic acid groups (broad SMARTS) is 1. The molecule has 0 radical (unpaired) electrons. The number of benzene rings is 1. The van der Waals surface area contributed by atoms with E-state index in [-0.39, 0.29) is 15.4 Å². The molecule has 1 N–H and O–H groups in total. The van der Waals surface area contributed by atoms with Gasteiger partial charge in [0.25, 0.3) is 5.91 Å². The zero-order valence-corrected chi connectivity index (χ0v) is 15.5. The van der Waals surface area contributed by atoms with E-state index >= 15 is 0 Å². The number of thiophene rings is 1. The zero-order chi connectivity index (χ0) is 18.5. The van der Waals surface area contributed by atoms with Gasteiger partial charge in [0.2, 0.25) is 0 Å². The molecule has 3 rings (SSSR count). The van der Waals surface area contributed by atoms with Crippen LogP contribution in [0.15, 0.2) is 24.3 Å². The molecule has 0 spiro atoms. The standard InChI is InChI=1S/C14H5ClF3IN2O3S/c15-6-3-1-2-5(14(16,17)18)9(6)12(22)21-7-4-8(13(23)24)25-10(7)11(19)20-21/h1-4H,(H,23,24). The van der Waals surface area contributed by atoms with Crippen molar-refractivity contribution in [3.05, 3.63) is 49.0 Å². The molecule has 0 saturated heterocycles. The number of alkyl halides is 3. The number of carbonyl (C=O) groups excluding carboxylic acids is 1. The van der Waals surface area contributed by atoms with Crippen LogP contribution in [-0.4, -0.2) is 26.8 Å². The number of halogens is 5. The number of carboxylic acids is 1. The number of aromatic carboxylic acids is 1. The highest BCUT2D eigenvalue weighted by Crippen LogP contribution is 2.36. The van der Waals surface area contributed by atoms with Gasteiger partial charge in [0.15, 0.2) is 0 Å². The van der Waals surface area contributed by atoms with Crippen molar-refractivity contribution in [2.24, 2.45) is 0 Å². The van der Waals surface area contributed by atoms with Gasteiger partial charge in [-0.1, -0.05) is 17.7 Å². The average molecular weight is 501 g/mol. The van der Waals surface area contributed by atoms with Crippen molar-refractivity contribution in [1.29, 1.82) is 0 Å². The number of hydrogen-bond donors (Lipinski definition) is 1. The van der Waals surface area contributed by atoms with Crippen LogP contribution in [0.3, 0.4) is 0 Å². The Balaban J connectivity index is 2.24. The first-order valence-corrected chi connectivity index (χ1v) is 8.70. The summed E-state index contributed by atoms with van der Waals surface area (Å²) in [5.41, 5.74) is -1.80. The SMILES string of the molecule is O=C(O)c1cc2c(s1)c(I)nn2C(=O)c1c(Cl)cccc1C(F)(F)F. The third-order valence-corrected chi connectivity index (χ3v) is 5.81. The van der Waals surface area contributed by atoms with Gasteiger partial charge in [-0.2, -0.15) is 23.0 Å². The Morgan fingerprint density at radius 1 is 1.32 bits per heavy atom. The molecular formula is C14H5ClF3IN2O3S. The number of aromatic nitrogens is 2. The van der Waals surface area contributed by atoms with Gasteiger partial charge in [0.1, 0.15) is 8.58 Å². The van der Waals surface area contributed by atoms with Gasteiger partial charge in [-0.3, -0.25) is 4.79 Å². The molecule has 2 aromatic heterocycles. The number of nitrogens with zero attached hydrogens (tertiary/aromatic N) is 2. The molecule has 0 amide bonds. The fourth-order valence-corrected chi connectivity index (χ4v) is 4.15. The molecular weight excluding hydrogens is 496 g/mol. The van der Waals surface area contributed by atoms with Gasteiger partial charge in [0.05, 0.1) is 26.4 Å². The van der Waals surface area contributed by atoms with E-state index in [1.807, 2.05) is 0 Å². The predicted octanol–water partition coefficient (Wildman–Crippen LogP) is 4.76. The maximum atomic E-state index is 13.2. The minimum atomic E-state index is -4.78. The summed E-state index contributed by atoms with van der Waals surface area (Å²) in [6.45, 7) is 0. The second-order valence-corrected chi connectivity index (χ2v) is 7.28. The minimum absolute atomic E-state index is 0.0536. The van der Waals surface area contributed by atoms with Crippen LogP contribution in [0.2, 0.25) is 5.02 Å². The highest BCUT2D eigenvalue weighted by atomic mass is 127. The Kier molecular flexibility index (Phi) is 4.54. The van der Waals surface area contributed by atoms with Crippen LogP contribution in [0.5, 0.6) is 0 Å². The quantitative estimate of drug-likeness (QED) is 0.515. The number of hydrogen-bond acceptors (Lipinski definition) is 4. The molecule has 0 bridgehead atoms. The Bertz CT molecular complexity index is 1030. The van der Waals surface area contributed by atoms with Gasteiger partial charge in [-0.05, 0) is 40.8 Å². The van der Waals surface area contributed by atoms with Gasteiger partial charge in [-0.25, -0.2) is 4.79 Å². The number of carbonyl (C=O) groups is 2. The second-order valence-electron chi connectivity index (χ2n) is 4.80. The van der Waals surface area contributed by atoms with E-state index in [0.29, 0.717) is 8.40 Å². The molecule has 25 heavy (non-hydrogen) atoms. The van der Waals surface area contributed by atoms with Gasteiger partial charge >= 0.3 is 12.1 Å². The first-order chi connectivity index (χ1) is 11.6. The molecule has 0 saturated carbocycles. The van der Waals surface area contributed by atoms with Crippen LogP contribution in [0.25, 0.3) is 10.2 Å². The topological polar surface area (TPSA) is 72.2 Å². The van der Waals surface area contributed by atoms with Crippen molar-refractivity contribution in [1.82, 2.24) is 9.78 Å². The highest BCUT2D eigenvalue weighted by Gasteiger charge is 2.37. The summed E-state index contributed by atoms with van der Waals surface area (Å²) < 4.78 is 41.1. The Morgan fingerprint density at radius 3 is 2.60 bits per heavy atom. The molecule has 0 aliphatic carbocycles. The molecule has 0 aliphatic heterocycles. The monoisotopic (exact) mass is 500 g/mol. The van der Waals surface area contributed by atoms with Crippen LogP contribution in [0.1, 0.15) is 25.6 Å². The first kappa shape index (κ1) is 18.1. The molecule has 3 aromatic rings. The Morgan fingerprint density at radius 2 is 2.00 bits per heavy atom. The lowest BCUT2D eigenvalue weighted by Gasteiger charge is -2.13. The van der Waals surface area contributed by atoms with Crippen molar-refractivity contribution < 1.29 is 27.9 Å². The van der Waals surface area contributed by atoms with E-state index in [1.54, 1.807) is 22.6 Å². The van der Waals surface area contributed by atoms with Crippen molar-refractivity contribution >= 4 is 67.6 Å². The van der Waals surface area contributed by atoms with E-state index in [2.05, 4.69) is 5.10 Å². The van der Waals surface area contributed by atoms with Gasteiger partial charge in [0, 0.05) is 0 Å². The van der Waals surface area contributed by atoms with E-state index < -0.39 is 29.2 Å². The maximum Gasteiger partial charge on any atom is 0.417 e. The molecule has 0 fully saturated rings. The predicted molar refractivity (Wildman–Crippen MR) is 93.5 cm³/mol. The van der Waals surface area contributed by atoms with Crippen molar-refractivity contribution in [2.75, 3.05) is 0 Å². The van der Waals surface area contributed by atoms with Crippen LogP contribution in [-0.2, 0) is 6.18 Å². The minimum Gasteiger partial charge on any atom is -0.477 e. The van der Waals surface area contributed by atoms with E-state index in [9.17, 15) is 22.8 Å². The number of rotatable bonds is 2. The largest absolute Gasteiger partial charge is 0.477 e. The molecule has 11 heteroatoms. The molecule has 2 heterocycles. The van der Waals surface area contributed by atoms with Crippen LogP contribution >= 0.6 is 45.5 Å². The maximum absolute atomic E-state index is 13.2. The Labute approximate surface area is 160 Å². The van der Waals surface area contributed by atoms with Crippen molar-refractivity contribution in [3.63, 3.8) is 0 Å². The lowest BCUT2D eigenvalue weighted by molar-refractivity contribution is -0.137. The molecule has 0 aliphatic rings. The lowest BCUT2D eigenvalue weighted by Crippen LogP contribution is -2.20. The third-order valence-electron chi connectivity index (χ3n) is 3.25. The van der Waals surface area contributed by atoms with E-state index in [1.165, 1.54) is 12.1 Å². The fourth-order valence-electron chi connectivity index (χ4n) is 2.22. The van der Waals surface area contributed by atoms with E-state index in [4.69, 9.17) is 16.7 Å². The summed E-state index contributed by atoms with van der Waals surface area (Å²) in [5, 5.41) is 12.6. The first-order valence-electron chi connectivity index (χ1n) is 6.43. The molecule has 0 atom stereocenters. The lowest BCUT2D eigenvalue weighted by atomic mass is 10.1. The third kappa shape index (κ3) is 3.13. The summed E-state index contributed by atoms with van der Waals surface area (Å²) in [4.78, 5) is 23.8. The van der Waals surface area contributed by atoms with Crippen molar-refractivity contribution in [2.45, 2.75) is 6.18 Å².